The Labute approximate surface area is 139 Å². The number of carbonyl (C=O) groups excluding carboxylic acids is 1. The van der Waals surface area contributed by atoms with E-state index in [0.29, 0.717) is 13.0 Å². The van der Waals surface area contributed by atoms with Crippen molar-refractivity contribution in [2.45, 2.75) is 64.3 Å². The first-order chi connectivity index (χ1) is 11.1. The smallest absolute Gasteiger partial charge is 0.253 e. The second-order valence-corrected chi connectivity index (χ2v) is 6.77. The summed E-state index contributed by atoms with van der Waals surface area (Å²) in [5.41, 5.74) is 0.903. The van der Waals surface area contributed by atoms with E-state index < -0.39 is 6.10 Å². The molecule has 0 bridgehead atoms. The van der Waals surface area contributed by atoms with Gasteiger partial charge in [0.15, 0.2) is 6.10 Å². The van der Waals surface area contributed by atoms with Crippen molar-refractivity contribution in [2.75, 3.05) is 6.54 Å². The lowest BCUT2D eigenvalue weighted by Gasteiger charge is -2.23. The Bertz CT molecular complexity index is 469. The average molecular weight is 319 g/mol. The third-order valence-corrected chi connectivity index (χ3v) is 4.34. The highest BCUT2D eigenvalue weighted by Gasteiger charge is 2.27. The third-order valence-electron chi connectivity index (χ3n) is 4.34. The van der Waals surface area contributed by atoms with Crippen LogP contribution in [0, 0.1) is 5.92 Å². The normalized spacial score (nSPS) is 19.3. The molecule has 0 saturated heterocycles. The molecule has 1 amide bonds. The highest BCUT2D eigenvalue weighted by molar-refractivity contribution is 5.82. The predicted molar refractivity (Wildman–Crippen MR) is 91.0 cm³/mol. The van der Waals surface area contributed by atoms with Crippen LogP contribution >= 0.6 is 0 Å². The minimum atomic E-state index is -0.543. The van der Waals surface area contributed by atoms with Gasteiger partial charge in [-0.1, -0.05) is 50.1 Å². The molecule has 0 radical (unpaired) electrons. The number of ether oxygens (including phenoxy) is 1. The molecule has 0 aliphatic heterocycles. The van der Waals surface area contributed by atoms with Gasteiger partial charge in [0.25, 0.3) is 5.91 Å². The zero-order valence-electron chi connectivity index (χ0n) is 14.2. The maximum absolute atomic E-state index is 12.6. The summed E-state index contributed by atoms with van der Waals surface area (Å²) in [5, 5.41) is 12.4. The van der Waals surface area contributed by atoms with E-state index in [1.807, 2.05) is 37.3 Å². The molecule has 2 rings (SSSR count). The minimum absolute atomic E-state index is 0.0828. The second-order valence-electron chi connectivity index (χ2n) is 6.77. The van der Waals surface area contributed by atoms with Crippen LogP contribution in [-0.4, -0.2) is 29.8 Å². The quantitative estimate of drug-likeness (QED) is 0.773. The van der Waals surface area contributed by atoms with Gasteiger partial charge in [0.2, 0.25) is 0 Å². The molecule has 3 atom stereocenters. The number of hydrogen-bond acceptors (Lipinski definition) is 3. The molecule has 4 heteroatoms. The fraction of sp³-hybridized carbons (Fsp3) is 0.632. The van der Waals surface area contributed by atoms with Crippen LogP contribution in [0.3, 0.4) is 0 Å². The first-order valence-corrected chi connectivity index (χ1v) is 8.72. The maximum Gasteiger partial charge on any atom is 0.253 e. The fourth-order valence-electron chi connectivity index (χ4n) is 3.17. The van der Waals surface area contributed by atoms with Crippen LogP contribution < -0.4 is 5.32 Å². The molecule has 0 heterocycles. The number of rotatable bonds is 8. The SMILES string of the molecule is CC(O)CC(C)CNC(=O)C(OC1CCCC1)c1ccccc1. The molecule has 1 aromatic carbocycles. The van der Waals surface area contributed by atoms with Crippen LogP contribution in [0.4, 0.5) is 0 Å². The average Bonchev–Trinajstić information content (AvgIpc) is 3.03. The lowest BCUT2D eigenvalue weighted by Crippen LogP contribution is -2.35. The number of benzene rings is 1. The molecule has 1 aliphatic rings. The molecule has 4 nitrogen and oxygen atoms in total. The van der Waals surface area contributed by atoms with Crippen LogP contribution in [0.1, 0.15) is 57.6 Å². The summed E-state index contributed by atoms with van der Waals surface area (Å²) in [7, 11) is 0. The Balaban J connectivity index is 1.96. The van der Waals surface area contributed by atoms with E-state index in [4.69, 9.17) is 4.74 Å². The zero-order valence-corrected chi connectivity index (χ0v) is 14.2. The van der Waals surface area contributed by atoms with E-state index in [0.717, 1.165) is 18.4 Å². The van der Waals surface area contributed by atoms with Crippen molar-refractivity contribution in [3.8, 4) is 0 Å². The molecular weight excluding hydrogens is 290 g/mol. The molecule has 1 aromatic rings. The first-order valence-electron chi connectivity index (χ1n) is 8.72. The lowest BCUT2D eigenvalue weighted by atomic mass is 10.0. The van der Waals surface area contributed by atoms with Crippen LogP contribution in [0.5, 0.6) is 0 Å². The van der Waals surface area contributed by atoms with Crippen molar-refractivity contribution >= 4 is 5.91 Å². The van der Waals surface area contributed by atoms with Gasteiger partial charge in [0, 0.05) is 6.54 Å². The van der Waals surface area contributed by atoms with E-state index in [2.05, 4.69) is 5.32 Å². The van der Waals surface area contributed by atoms with Gasteiger partial charge in [-0.25, -0.2) is 0 Å². The number of aliphatic hydroxyl groups excluding tert-OH is 1. The Morgan fingerprint density at radius 1 is 1.26 bits per heavy atom. The number of aliphatic hydroxyl groups is 1. The maximum atomic E-state index is 12.6. The van der Waals surface area contributed by atoms with Gasteiger partial charge in [0.1, 0.15) is 0 Å². The number of amides is 1. The first kappa shape index (κ1) is 18.0. The molecule has 3 unspecified atom stereocenters. The number of hydrogen-bond donors (Lipinski definition) is 2. The highest BCUT2D eigenvalue weighted by Crippen LogP contribution is 2.28. The Kier molecular flexibility index (Phi) is 7.06. The summed E-state index contributed by atoms with van der Waals surface area (Å²) in [6, 6.07) is 9.70. The van der Waals surface area contributed by atoms with Crippen molar-refractivity contribution in [3.05, 3.63) is 35.9 Å². The zero-order chi connectivity index (χ0) is 16.7. The van der Waals surface area contributed by atoms with Gasteiger partial charge < -0.3 is 15.2 Å². The summed E-state index contributed by atoms with van der Waals surface area (Å²) >= 11 is 0. The van der Waals surface area contributed by atoms with Crippen LogP contribution in [0.25, 0.3) is 0 Å². The van der Waals surface area contributed by atoms with Gasteiger partial charge >= 0.3 is 0 Å². The molecule has 128 valence electrons. The van der Waals surface area contributed by atoms with Crippen molar-refractivity contribution < 1.29 is 14.6 Å². The molecule has 0 aromatic heterocycles. The Morgan fingerprint density at radius 3 is 2.52 bits per heavy atom. The number of nitrogens with one attached hydrogen (secondary N) is 1. The molecule has 1 saturated carbocycles. The predicted octanol–water partition coefficient (Wildman–Crippen LogP) is 3.21. The third kappa shape index (κ3) is 5.96. The molecule has 2 N–H and O–H groups in total. The van der Waals surface area contributed by atoms with E-state index in [1.54, 1.807) is 6.92 Å². The minimum Gasteiger partial charge on any atom is -0.393 e. The van der Waals surface area contributed by atoms with Crippen molar-refractivity contribution in [1.29, 1.82) is 0 Å². The van der Waals surface area contributed by atoms with Gasteiger partial charge in [-0.3, -0.25) is 4.79 Å². The lowest BCUT2D eigenvalue weighted by molar-refractivity contribution is -0.137. The summed E-state index contributed by atoms with van der Waals surface area (Å²) in [6.07, 6.45) is 4.41. The molecule has 1 aliphatic carbocycles. The van der Waals surface area contributed by atoms with E-state index in [9.17, 15) is 9.90 Å². The summed E-state index contributed by atoms with van der Waals surface area (Å²) in [4.78, 5) is 12.6. The van der Waals surface area contributed by atoms with Gasteiger partial charge in [-0.2, -0.15) is 0 Å². The van der Waals surface area contributed by atoms with Gasteiger partial charge in [-0.15, -0.1) is 0 Å². The van der Waals surface area contributed by atoms with Crippen molar-refractivity contribution in [1.82, 2.24) is 5.32 Å². The van der Waals surface area contributed by atoms with Crippen LogP contribution in [0.2, 0.25) is 0 Å². The molecule has 1 fully saturated rings. The molecule has 0 spiro atoms. The largest absolute Gasteiger partial charge is 0.393 e. The van der Waals surface area contributed by atoms with Crippen molar-refractivity contribution in [3.63, 3.8) is 0 Å². The number of carbonyl (C=O) groups is 1. The topological polar surface area (TPSA) is 58.6 Å². The fourth-order valence-corrected chi connectivity index (χ4v) is 3.17. The summed E-state index contributed by atoms with van der Waals surface area (Å²) in [5.74, 6) is 0.155. The highest BCUT2D eigenvalue weighted by atomic mass is 16.5. The van der Waals surface area contributed by atoms with E-state index in [-0.39, 0.29) is 24.0 Å². The van der Waals surface area contributed by atoms with Crippen LogP contribution in [-0.2, 0) is 9.53 Å². The van der Waals surface area contributed by atoms with Gasteiger partial charge in [-0.05, 0) is 37.7 Å². The van der Waals surface area contributed by atoms with Crippen molar-refractivity contribution in [2.24, 2.45) is 5.92 Å². The standard InChI is InChI=1S/C19H29NO3/c1-14(12-15(2)21)13-20-19(22)18(16-8-4-3-5-9-16)23-17-10-6-7-11-17/h3-5,8-9,14-15,17-18,21H,6-7,10-13H2,1-2H3,(H,20,22). The molecular formula is C19H29NO3. The van der Waals surface area contributed by atoms with Gasteiger partial charge in [0.05, 0.1) is 12.2 Å². The Hall–Kier alpha value is -1.39. The summed E-state index contributed by atoms with van der Waals surface area (Å²) < 4.78 is 6.11. The van der Waals surface area contributed by atoms with Crippen LogP contribution in [0.15, 0.2) is 30.3 Å². The van der Waals surface area contributed by atoms with E-state index >= 15 is 0 Å². The monoisotopic (exact) mass is 319 g/mol. The molecule has 23 heavy (non-hydrogen) atoms. The second kappa shape index (κ2) is 9.04. The summed E-state index contributed by atoms with van der Waals surface area (Å²) in [6.45, 7) is 4.36. The Morgan fingerprint density at radius 2 is 1.91 bits per heavy atom. The van der Waals surface area contributed by atoms with E-state index in [1.165, 1.54) is 12.8 Å².